The number of halogens is 1. The van der Waals surface area contributed by atoms with Crippen molar-refractivity contribution >= 4 is 11.3 Å². The second-order valence-electron chi connectivity index (χ2n) is 8.51. The van der Waals surface area contributed by atoms with Crippen molar-refractivity contribution in [3.05, 3.63) is 77.6 Å². The molecule has 2 aliphatic heterocycles. The maximum atomic E-state index is 14.1. The van der Waals surface area contributed by atoms with E-state index in [4.69, 9.17) is 14.2 Å². The Morgan fingerprint density at radius 1 is 0.968 bits per heavy atom. The molecule has 2 aliphatic rings. The average Bonchev–Trinajstić information content (AvgIpc) is 2.73. The molecule has 0 fully saturated rings. The zero-order valence-electron chi connectivity index (χ0n) is 18.0. The summed E-state index contributed by atoms with van der Waals surface area (Å²) < 4.78 is 31.9. The van der Waals surface area contributed by atoms with E-state index in [1.54, 1.807) is 13.2 Å². The van der Waals surface area contributed by atoms with Gasteiger partial charge in [-0.1, -0.05) is 12.1 Å². The van der Waals surface area contributed by atoms with E-state index >= 15 is 0 Å². The molecule has 31 heavy (non-hydrogen) atoms. The van der Waals surface area contributed by atoms with E-state index in [-0.39, 0.29) is 11.4 Å². The number of hydrogen-bond acceptors (Lipinski definition) is 4. The summed E-state index contributed by atoms with van der Waals surface area (Å²) in [6.45, 7) is 6.35. The van der Waals surface area contributed by atoms with Crippen molar-refractivity contribution in [1.82, 2.24) is 0 Å². The van der Waals surface area contributed by atoms with Crippen molar-refractivity contribution in [2.24, 2.45) is 0 Å². The molecule has 1 atom stereocenters. The number of ether oxygens (including phenoxy) is 3. The maximum absolute atomic E-state index is 14.1. The molecule has 0 spiro atoms. The van der Waals surface area contributed by atoms with Crippen molar-refractivity contribution in [2.45, 2.75) is 32.6 Å². The van der Waals surface area contributed by atoms with Crippen LogP contribution in [0.5, 0.6) is 17.2 Å². The fourth-order valence-electron chi connectivity index (χ4n) is 4.48. The lowest BCUT2D eigenvalue weighted by Crippen LogP contribution is -2.33. The van der Waals surface area contributed by atoms with E-state index < -0.39 is 6.29 Å². The number of hydrogen-bond donors (Lipinski definition) is 1. The van der Waals surface area contributed by atoms with Crippen LogP contribution in [-0.2, 0) is 0 Å². The van der Waals surface area contributed by atoms with Gasteiger partial charge in [0, 0.05) is 16.8 Å². The minimum Gasteiger partial charge on any atom is -0.497 e. The first kappa shape index (κ1) is 19.5. The smallest absolute Gasteiger partial charge is 0.268 e. The summed E-state index contributed by atoms with van der Waals surface area (Å²) in [7, 11) is 1.63. The van der Waals surface area contributed by atoms with E-state index in [9.17, 15) is 4.39 Å². The Labute approximate surface area is 181 Å². The van der Waals surface area contributed by atoms with Crippen molar-refractivity contribution in [3.8, 4) is 28.4 Å². The molecule has 0 radical (unpaired) electrons. The highest BCUT2D eigenvalue weighted by Gasteiger charge is 2.35. The first-order valence-electron chi connectivity index (χ1n) is 10.3. The summed E-state index contributed by atoms with van der Waals surface area (Å²) in [6.07, 6.45) is 1.52. The van der Waals surface area contributed by atoms with Crippen LogP contribution in [0.2, 0.25) is 0 Å². The summed E-state index contributed by atoms with van der Waals surface area (Å²) in [6, 6.07) is 16.0. The predicted molar refractivity (Wildman–Crippen MR) is 120 cm³/mol. The van der Waals surface area contributed by atoms with Crippen LogP contribution in [0.25, 0.3) is 16.7 Å². The van der Waals surface area contributed by atoms with E-state index in [0.29, 0.717) is 11.5 Å². The number of nitrogens with one attached hydrogen (secondary N) is 1. The van der Waals surface area contributed by atoms with E-state index in [1.807, 2.05) is 30.3 Å². The lowest BCUT2D eigenvalue weighted by Gasteiger charge is -2.36. The van der Waals surface area contributed by atoms with Crippen LogP contribution in [0.3, 0.4) is 0 Å². The van der Waals surface area contributed by atoms with Gasteiger partial charge < -0.3 is 19.5 Å². The van der Waals surface area contributed by atoms with Crippen molar-refractivity contribution in [2.75, 3.05) is 12.4 Å². The Hall–Kier alpha value is -3.47. The highest BCUT2D eigenvalue weighted by Crippen LogP contribution is 2.49. The number of benzene rings is 3. The van der Waals surface area contributed by atoms with Gasteiger partial charge in [-0.2, -0.15) is 0 Å². The summed E-state index contributed by atoms with van der Waals surface area (Å²) >= 11 is 0. The minimum atomic E-state index is -0.678. The quantitative estimate of drug-likeness (QED) is 0.523. The molecule has 0 bridgehead atoms. The number of rotatable bonds is 3. The second-order valence-corrected chi connectivity index (χ2v) is 8.51. The molecule has 5 heteroatoms. The number of methoxy groups -OCH3 is 1. The van der Waals surface area contributed by atoms with Crippen LogP contribution in [0.1, 0.15) is 38.2 Å². The third kappa shape index (κ3) is 3.40. The highest BCUT2D eigenvalue weighted by molar-refractivity contribution is 5.89. The van der Waals surface area contributed by atoms with Crippen molar-refractivity contribution in [1.29, 1.82) is 0 Å². The molecule has 1 unspecified atom stereocenters. The summed E-state index contributed by atoms with van der Waals surface area (Å²) in [4.78, 5) is 0. The first-order chi connectivity index (χ1) is 14.8. The molecule has 0 amide bonds. The van der Waals surface area contributed by atoms with Gasteiger partial charge in [-0.05, 0) is 80.4 Å². The van der Waals surface area contributed by atoms with Crippen LogP contribution >= 0.6 is 0 Å². The maximum Gasteiger partial charge on any atom is 0.268 e. The zero-order valence-corrected chi connectivity index (χ0v) is 18.0. The van der Waals surface area contributed by atoms with Gasteiger partial charge in [0.05, 0.1) is 18.2 Å². The van der Waals surface area contributed by atoms with Crippen LogP contribution in [0, 0.1) is 5.82 Å². The molecule has 1 N–H and O–H groups in total. The Kier molecular flexibility index (Phi) is 4.43. The minimum absolute atomic E-state index is 0.169. The molecule has 0 saturated carbocycles. The molecule has 0 saturated heterocycles. The molecule has 4 nitrogen and oxygen atoms in total. The lowest BCUT2D eigenvalue weighted by atomic mass is 9.84. The van der Waals surface area contributed by atoms with Gasteiger partial charge in [0.25, 0.3) is 6.29 Å². The van der Waals surface area contributed by atoms with Crippen LogP contribution < -0.4 is 19.5 Å². The topological polar surface area (TPSA) is 39.7 Å². The largest absolute Gasteiger partial charge is 0.497 e. The van der Waals surface area contributed by atoms with Gasteiger partial charge in [0.15, 0.2) is 0 Å². The fourth-order valence-corrected chi connectivity index (χ4v) is 4.48. The predicted octanol–water partition coefficient (Wildman–Crippen LogP) is 6.58. The zero-order chi connectivity index (χ0) is 21.8. The summed E-state index contributed by atoms with van der Waals surface area (Å²) in [5, 5.41) is 3.57. The molecule has 0 aromatic heterocycles. The third-order valence-electron chi connectivity index (χ3n) is 5.68. The number of allylic oxidation sites excluding steroid dienone is 1. The average molecular weight is 417 g/mol. The molecule has 2 heterocycles. The normalized spacial score (nSPS) is 17.8. The monoisotopic (exact) mass is 417 g/mol. The van der Waals surface area contributed by atoms with Crippen molar-refractivity contribution < 1.29 is 18.6 Å². The standard InChI is InChI=1S/C26H24FNO3/c1-15-14-26(2,3)28-21-11-10-19-20-13-16(27)5-12-22(20)31-25(24(19)23(15)21)30-18-8-6-17(29-4)7-9-18/h5-14,25,28H,1-4H3. The molecule has 3 aromatic carbocycles. The van der Waals surface area contributed by atoms with E-state index in [0.717, 1.165) is 39.3 Å². The Morgan fingerprint density at radius 2 is 1.71 bits per heavy atom. The lowest BCUT2D eigenvalue weighted by molar-refractivity contribution is 0.00157. The molecular formula is C26H24FNO3. The Balaban J connectivity index is 1.67. The Morgan fingerprint density at radius 3 is 2.45 bits per heavy atom. The van der Waals surface area contributed by atoms with Gasteiger partial charge >= 0.3 is 0 Å². The fraction of sp³-hybridized carbons (Fsp3) is 0.231. The summed E-state index contributed by atoms with van der Waals surface area (Å²) in [5.41, 5.74) is 5.53. The second kappa shape index (κ2) is 7.05. The highest BCUT2D eigenvalue weighted by atomic mass is 19.1. The van der Waals surface area contributed by atoms with Crippen LogP contribution in [0.4, 0.5) is 10.1 Å². The number of fused-ring (bicyclic) bond motifs is 5. The first-order valence-corrected chi connectivity index (χ1v) is 10.3. The van der Waals surface area contributed by atoms with Gasteiger partial charge in [0.1, 0.15) is 23.1 Å². The van der Waals surface area contributed by atoms with Gasteiger partial charge in [0.2, 0.25) is 0 Å². The molecule has 3 aromatic rings. The van der Waals surface area contributed by atoms with E-state index in [1.165, 1.54) is 12.1 Å². The van der Waals surface area contributed by atoms with Crippen LogP contribution in [-0.4, -0.2) is 12.6 Å². The molecule has 5 rings (SSSR count). The summed E-state index contributed by atoms with van der Waals surface area (Å²) in [5.74, 6) is 1.71. The van der Waals surface area contributed by atoms with E-state index in [2.05, 4.69) is 38.2 Å². The van der Waals surface area contributed by atoms with Crippen molar-refractivity contribution in [3.63, 3.8) is 0 Å². The van der Waals surface area contributed by atoms with Gasteiger partial charge in [-0.15, -0.1) is 0 Å². The molecular weight excluding hydrogens is 393 g/mol. The van der Waals surface area contributed by atoms with Gasteiger partial charge in [-0.25, -0.2) is 4.39 Å². The third-order valence-corrected chi connectivity index (χ3v) is 5.68. The molecule has 158 valence electrons. The number of anilines is 1. The van der Waals surface area contributed by atoms with Gasteiger partial charge in [-0.3, -0.25) is 0 Å². The van der Waals surface area contributed by atoms with Crippen LogP contribution in [0.15, 0.2) is 60.7 Å². The SMILES string of the molecule is COc1ccc(OC2Oc3ccc(F)cc3-c3ccc4c(c32)C(C)=CC(C)(C)N4)cc1. The Bertz CT molecular complexity index is 1200. The molecule has 0 aliphatic carbocycles.